The average molecular weight is 225 g/mol. The van der Waals surface area contributed by atoms with Crippen LogP contribution >= 0.6 is 11.8 Å². The fourth-order valence-electron chi connectivity index (χ4n) is 2.20. The highest BCUT2D eigenvalue weighted by Crippen LogP contribution is 2.29. The number of imidazole rings is 1. The highest BCUT2D eigenvalue weighted by Gasteiger charge is 2.26. The predicted molar refractivity (Wildman–Crippen MR) is 65.0 cm³/mol. The Hall–Kier alpha value is -0.480. The van der Waals surface area contributed by atoms with Crippen molar-refractivity contribution in [3.8, 4) is 0 Å². The van der Waals surface area contributed by atoms with Crippen LogP contribution in [0.1, 0.15) is 32.0 Å². The van der Waals surface area contributed by atoms with E-state index < -0.39 is 0 Å². The molecule has 1 fully saturated rings. The van der Waals surface area contributed by atoms with Gasteiger partial charge in [-0.25, -0.2) is 4.98 Å². The molecule has 1 aliphatic carbocycles. The lowest BCUT2D eigenvalue weighted by Crippen LogP contribution is -2.34. The number of H-pyrrole nitrogens is 1. The van der Waals surface area contributed by atoms with E-state index in [4.69, 9.17) is 0 Å². The van der Waals surface area contributed by atoms with Gasteiger partial charge in [0.2, 0.25) is 0 Å². The summed E-state index contributed by atoms with van der Waals surface area (Å²) < 4.78 is 0. The van der Waals surface area contributed by atoms with Gasteiger partial charge in [0.15, 0.2) is 0 Å². The molecule has 0 amide bonds. The molecule has 0 spiro atoms. The SMILES string of the molecule is CCSC1CCCC1NCc1ncc[nH]1. The van der Waals surface area contributed by atoms with E-state index in [1.54, 1.807) is 0 Å². The minimum Gasteiger partial charge on any atom is -0.348 e. The Labute approximate surface area is 95.4 Å². The minimum absolute atomic E-state index is 0.681. The first-order valence-electron chi connectivity index (χ1n) is 5.73. The first-order chi connectivity index (χ1) is 7.40. The van der Waals surface area contributed by atoms with Crippen LogP contribution in [0.25, 0.3) is 0 Å². The maximum Gasteiger partial charge on any atom is 0.120 e. The number of nitrogens with zero attached hydrogens (tertiary/aromatic N) is 1. The molecule has 0 radical (unpaired) electrons. The zero-order valence-corrected chi connectivity index (χ0v) is 10.0. The Morgan fingerprint density at radius 2 is 2.53 bits per heavy atom. The second-order valence-electron chi connectivity index (χ2n) is 3.95. The van der Waals surface area contributed by atoms with E-state index in [-0.39, 0.29) is 0 Å². The Balaban J connectivity index is 1.78. The van der Waals surface area contributed by atoms with Crippen LogP contribution in [0.2, 0.25) is 0 Å². The van der Waals surface area contributed by atoms with Crippen LogP contribution in [0, 0.1) is 0 Å². The second-order valence-corrected chi connectivity index (χ2v) is 5.46. The number of aromatic nitrogens is 2. The van der Waals surface area contributed by atoms with Crippen LogP contribution in [-0.2, 0) is 6.54 Å². The number of hydrogen-bond donors (Lipinski definition) is 2. The molecular weight excluding hydrogens is 206 g/mol. The van der Waals surface area contributed by atoms with E-state index in [9.17, 15) is 0 Å². The molecule has 1 aromatic heterocycles. The monoisotopic (exact) mass is 225 g/mol. The Morgan fingerprint density at radius 1 is 1.60 bits per heavy atom. The fourth-order valence-corrected chi connectivity index (χ4v) is 3.42. The lowest BCUT2D eigenvalue weighted by atomic mass is 10.2. The van der Waals surface area contributed by atoms with Gasteiger partial charge in [-0.3, -0.25) is 0 Å². The van der Waals surface area contributed by atoms with E-state index in [0.29, 0.717) is 6.04 Å². The Kier molecular flexibility index (Phi) is 4.09. The molecule has 84 valence electrons. The van der Waals surface area contributed by atoms with Crippen LogP contribution < -0.4 is 5.32 Å². The van der Waals surface area contributed by atoms with E-state index in [0.717, 1.165) is 17.6 Å². The summed E-state index contributed by atoms with van der Waals surface area (Å²) in [6.45, 7) is 3.12. The summed E-state index contributed by atoms with van der Waals surface area (Å²) in [5, 5.41) is 4.41. The Bertz CT molecular complexity index is 273. The van der Waals surface area contributed by atoms with E-state index in [1.807, 2.05) is 12.4 Å². The van der Waals surface area contributed by atoms with Gasteiger partial charge in [0.05, 0.1) is 6.54 Å². The van der Waals surface area contributed by atoms with Gasteiger partial charge in [-0.2, -0.15) is 11.8 Å². The Morgan fingerprint density at radius 3 is 3.27 bits per heavy atom. The molecule has 15 heavy (non-hydrogen) atoms. The first-order valence-corrected chi connectivity index (χ1v) is 6.78. The summed E-state index contributed by atoms with van der Waals surface area (Å²) in [5.41, 5.74) is 0. The molecule has 2 unspecified atom stereocenters. The number of aromatic amines is 1. The van der Waals surface area contributed by atoms with Gasteiger partial charge in [-0.15, -0.1) is 0 Å². The molecule has 0 aromatic carbocycles. The maximum atomic E-state index is 4.22. The van der Waals surface area contributed by atoms with E-state index >= 15 is 0 Å². The van der Waals surface area contributed by atoms with Gasteiger partial charge in [0.1, 0.15) is 5.82 Å². The van der Waals surface area contributed by atoms with Crippen LogP contribution in [0.3, 0.4) is 0 Å². The van der Waals surface area contributed by atoms with Crippen LogP contribution in [-0.4, -0.2) is 27.0 Å². The smallest absolute Gasteiger partial charge is 0.120 e. The summed E-state index contributed by atoms with van der Waals surface area (Å²) in [6.07, 6.45) is 7.74. The summed E-state index contributed by atoms with van der Waals surface area (Å²) in [6, 6.07) is 0.681. The standard InChI is InChI=1S/C11H19N3S/c1-2-15-10-5-3-4-9(10)14-8-11-12-6-7-13-11/h6-7,9-10,14H,2-5,8H2,1H3,(H,12,13). The van der Waals surface area contributed by atoms with Crippen molar-refractivity contribution in [1.82, 2.24) is 15.3 Å². The normalized spacial score (nSPS) is 25.9. The van der Waals surface area contributed by atoms with Crippen molar-refractivity contribution in [2.75, 3.05) is 5.75 Å². The molecule has 1 aliphatic rings. The molecule has 2 rings (SSSR count). The topological polar surface area (TPSA) is 40.7 Å². The second kappa shape index (κ2) is 5.56. The molecule has 1 aromatic rings. The van der Waals surface area contributed by atoms with Crippen molar-refractivity contribution in [3.63, 3.8) is 0 Å². The van der Waals surface area contributed by atoms with E-state index in [2.05, 4.69) is 34.0 Å². The van der Waals surface area contributed by atoms with Gasteiger partial charge in [0, 0.05) is 23.7 Å². The molecule has 3 nitrogen and oxygen atoms in total. The third-order valence-electron chi connectivity index (χ3n) is 2.92. The molecule has 4 heteroatoms. The third-order valence-corrected chi connectivity index (χ3v) is 4.25. The molecule has 2 N–H and O–H groups in total. The number of thioether (sulfide) groups is 1. The third kappa shape index (κ3) is 2.98. The largest absolute Gasteiger partial charge is 0.348 e. The highest BCUT2D eigenvalue weighted by atomic mass is 32.2. The zero-order valence-electron chi connectivity index (χ0n) is 9.20. The summed E-state index contributed by atoms with van der Waals surface area (Å²) in [7, 11) is 0. The van der Waals surface area contributed by atoms with Crippen LogP contribution in [0.15, 0.2) is 12.4 Å². The predicted octanol–water partition coefficient (Wildman–Crippen LogP) is 2.17. The summed E-state index contributed by atoms with van der Waals surface area (Å²) in [4.78, 5) is 7.35. The van der Waals surface area contributed by atoms with E-state index in [1.165, 1.54) is 25.0 Å². The molecular formula is C11H19N3S. The molecule has 2 atom stereocenters. The molecule has 0 bridgehead atoms. The molecule has 1 saturated carbocycles. The van der Waals surface area contributed by atoms with Crippen molar-refractivity contribution in [2.45, 2.75) is 44.0 Å². The average Bonchev–Trinajstić information content (AvgIpc) is 2.85. The van der Waals surface area contributed by atoms with Gasteiger partial charge < -0.3 is 10.3 Å². The van der Waals surface area contributed by atoms with Crippen molar-refractivity contribution in [1.29, 1.82) is 0 Å². The quantitative estimate of drug-likeness (QED) is 0.807. The fraction of sp³-hybridized carbons (Fsp3) is 0.727. The number of hydrogen-bond acceptors (Lipinski definition) is 3. The number of nitrogens with one attached hydrogen (secondary N) is 2. The lowest BCUT2D eigenvalue weighted by molar-refractivity contribution is 0.523. The summed E-state index contributed by atoms with van der Waals surface area (Å²) >= 11 is 2.09. The van der Waals surface area contributed by atoms with Crippen LogP contribution in [0.4, 0.5) is 0 Å². The molecule has 0 aliphatic heterocycles. The minimum atomic E-state index is 0.681. The van der Waals surface area contributed by atoms with Gasteiger partial charge in [-0.05, 0) is 18.6 Å². The van der Waals surface area contributed by atoms with Gasteiger partial charge in [0.25, 0.3) is 0 Å². The van der Waals surface area contributed by atoms with Gasteiger partial charge >= 0.3 is 0 Å². The summed E-state index contributed by atoms with van der Waals surface area (Å²) in [5.74, 6) is 2.27. The molecule has 1 heterocycles. The van der Waals surface area contributed by atoms with Gasteiger partial charge in [-0.1, -0.05) is 13.3 Å². The maximum absolute atomic E-state index is 4.22. The van der Waals surface area contributed by atoms with Crippen molar-refractivity contribution in [2.24, 2.45) is 0 Å². The number of rotatable bonds is 5. The van der Waals surface area contributed by atoms with Crippen molar-refractivity contribution < 1.29 is 0 Å². The molecule has 0 saturated heterocycles. The highest BCUT2D eigenvalue weighted by molar-refractivity contribution is 7.99. The van der Waals surface area contributed by atoms with Crippen molar-refractivity contribution >= 4 is 11.8 Å². The van der Waals surface area contributed by atoms with Crippen LogP contribution in [0.5, 0.6) is 0 Å². The van der Waals surface area contributed by atoms with Crippen molar-refractivity contribution in [3.05, 3.63) is 18.2 Å². The lowest BCUT2D eigenvalue weighted by Gasteiger charge is -2.19. The first kappa shape index (κ1) is 11.0. The zero-order chi connectivity index (χ0) is 10.5.